The molecule has 0 radical (unpaired) electrons. The van der Waals surface area contributed by atoms with Crippen LogP contribution in [0.4, 0.5) is 19.4 Å². The number of amides is 1. The summed E-state index contributed by atoms with van der Waals surface area (Å²) in [6.45, 7) is 0.927. The van der Waals surface area contributed by atoms with Crippen LogP contribution < -0.4 is 4.90 Å². The fourth-order valence-electron chi connectivity index (χ4n) is 5.19. The zero-order valence-electron chi connectivity index (χ0n) is 17.7. The summed E-state index contributed by atoms with van der Waals surface area (Å²) >= 11 is 0. The van der Waals surface area contributed by atoms with Gasteiger partial charge in [-0.05, 0) is 17.9 Å². The van der Waals surface area contributed by atoms with Crippen LogP contribution >= 0.6 is 0 Å². The number of carboxylic acid groups (broad SMARTS) is 1. The van der Waals surface area contributed by atoms with Gasteiger partial charge in [-0.2, -0.15) is 0 Å². The maximum atomic E-state index is 15.8. The van der Waals surface area contributed by atoms with Crippen molar-refractivity contribution in [2.75, 3.05) is 18.0 Å². The molecule has 2 fully saturated rings. The van der Waals surface area contributed by atoms with Crippen LogP contribution in [-0.4, -0.2) is 56.2 Å². The van der Waals surface area contributed by atoms with E-state index in [-0.39, 0.29) is 28.9 Å². The number of likely N-dealkylation sites (tertiary alicyclic amines) is 1. The van der Waals surface area contributed by atoms with Crippen molar-refractivity contribution >= 4 is 33.6 Å². The van der Waals surface area contributed by atoms with Crippen LogP contribution in [0.15, 0.2) is 42.9 Å². The number of pyridine rings is 1. The molecular formula is C25H17F2N5O2. The number of halogens is 2. The van der Waals surface area contributed by atoms with Gasteiger partial charge in [-0.15, -0.1) is 6.42 Å². The van der Waals surface area contributed by atoms with Crippen molar-refractivity contribution in [1.82, 2.24) is 19.9 Å². The van der Waals surface area contributed by atoms with E-state index in [1.165, 1.54) is 23.5 Å². The maximum absolute atomic E-state index is 15.8. The molecule has 0 aliphatic carbocycles. The van der Waals surface area contributed by atoms with E-state index in [4.69, 9.17) is 6.42 Å². The Hall–Kier alpha value is -4.32. The summed E-state index contributed by atoms with van der Waals surface area (Å²) in [5, 5.41) is 10.9. The fraction of sp³-hybridized carbons (Fsp3) is 0.200. The first-order chi connectivity index (χ1) is 16.5. The number of hydrogen-bond acceptors (Lipinski definition) is 5. The molecule has 2 aromatic carbocycles. The Kier molecular flexibility index (Phi) is 4.39. The molecule has 1 N–H and O–H groups in total. The van der Waals surface area contributed by atoms with E-state index in [1.54, 1.807) is 24.3 Å². The Labute approximate surface area is 192 Å². The minimum atomic E-state index is -0.935. The molecule has 34 heavy (non-hydrogen) atoms. The summed E-state index contributed by atoms with van der Waals surface area (Å²) in [7, 11) is 0. The first-order valence-electron chi connectivity index (χ1n) is 10.7. The maximum Gasteiger partial charge on any atom is 0.407 e. The van der Waals surface area contributed by atoms with Gasteiger partial charge < -0.3 is 14.9 Å². The standard InChI is InChI=1S/C25H17F2N5O2/c1-2-14-17(26)7-6-13-4-3-5-15(20(13)14)22-21(27)23-16(10-28-22)24(30-12-29-23)32-11-19-18(32)8-9-31(19)25(33)34/h1,3-7,10,12,18-19H,8-9,11H2,(H,33,34)/t18-,19-/m1/s1. The van der Waals surface area contributed by atoms with Gasteiger partial charge in [0.25, 0.3) is 0 Å². The van der Waals surface area contributed by atoms with E-state index in [9.17, 15) is 14.3 Å². The number of hydrogen-bond donors (Lipinski definition) is 1. The number of terminal acetylenes is 1. The number of anilines is 1. The molecule has 2 aromatic heterocycles. The second kappa shape index (κ2) is 7.35. The highest BCUT2D eigenvalue weighted by Crippen LogP contribution is 2.40. The van der Waals surface area contributed by atoms with Crippen molar-refractivity contribution in [1.29, 1.82) is 0 Å². The monoisotopic (exact) mass is 457 g/mol. The van der Waals surface area contributed by atoms with Gasteiger partial charge in [0, 0.05) is 30.2 Å². The Morgan fingerprint density at radius 3 is 2.79 bits per heavy atom. The summed E-state index contributed by atoms with van der Waals surface area (Å²) in [5.74, 6) is 1.67. The van der Waals surface area contributed by atoms with Crippen molar-refractivity contribution in [2.45, 2.75) is 18.5 Å². The number of fused-ring (bicyclic) bond motifs is 3. The van der Waals surface area contributed by atoms with Crippen LogP contribution in [0.25, 0.3) is 32.9 Å². The lowest BCUT2D eigenvalue weighted by Gasteiger charge is -2.47. The van der Waals surface area contributed by atoms with Crippen molar-refractivity contribution in [3.8, 4) is 23.6 Å². The van der Waals surface area contributed by atoms with E-state index in [2.05, 4.69) is 20.9 Å². The minimum Gasteiger partial charge on any atom is -0.465 e. The first kappa shape index (κ1) is 20.3. The Morgan fingerprint density at radius 2 is 2.00 bits per heavy atom. The van der Waals surface area contributed by atoms with E-state index < -0.39 is 17.7 Å². The number of carbonyl (C=O) groups is 1. The highest BCUT2D eigenvalue weighted by Gasteiger charge is 2.49. The molecule has 0 saturated carbocycles. The highest BCUT2D eigenvalue weighted by molar-refractivity contribution is 6.02. The number of rotatable bonds is 2. The number of aromatic nitrogens is 3. The van der Waals surface area contributed by atoms with Crippen LogP contribution in [0.2, 0.25) is 0 Å². The van der Waals surface area contributed by atoms with Crippen molar-refractivity contribution in [3.05, 3.63) is 60.1 Å². The zero-order chi connectivity index (χ0) is 23.6. The third kappa shape index (κ3) is 2.75. The molecule has 6 rings (SSSR count). The summed E-state index contributed by atoms with van der Waals surface area (Å²) in [6, 6.07) is 7.93. The summed E-state index contributed by atoms with van der Waals surface area (Å²) in [5.41, 5.74) is 0.529. The smallest absolute Gasteiger partial charge is 0.407 e. The Balaban J connectivity index is 1.48. The average Bonchev–Trinajstić information content (AvgIpc) is 3.16. The highest BCUT2D eigenvalue weighted by atomic mass is 19.1. The predicted octanol–water partition coefficient (Wildman–Crippen LogP) is 4.05. The predicted molar refractivity (Wildman–Crippen MR) is 122 cm³/mol. The molecule has 0 spiro atoms. The lowest BCUT2D eigenvalue weighted by Crippen LogP contribution is -2.63. The molecule has 9 heteroatoms. The Bertz CT molecular complexity index is 1550. The average molecular weight is 457 g/mol. The molecular weight excluding hydrogens is 440 g/mol. The topological polar surface area (TPSA) is 82.5 Å². The summed E-state index contributed by atoms with van der Waals surface area (Å²) in [4.78, 5) is 27.7. The summed E-state index contributed by atoms with van der Waals surface area (Å²) in [6.07, 6.45) is 8.10. The quantitative estimate of drug-likeness (QED) is 0.458. The van der Waals surface area contributed by atoms with Gasteiger partial charge in [0.15, 0.2) is 5.82 Å². The summed E-state index contributed by atoms with van der Waals surface area (Å²) < 4.78 is 30.2. The van der Waals surface area contributed by atoms with Crippen molar-refractivity contribution in [3.63, 3.8) is 0 Å². The van der Waals surface area contributed by atoms with Crippen LogP contribution in [0.5, 0.6) is 0 Å². The minimum absolute atomic E-state index is 0.0174. The van der Waals surface area contributed by atoms with Gasteiger partial charge in [0.2, 0.25) is 0 Å². The third-order valence-corrected chi connectivity index (χ3v) is 6.81. The van der Waals surface area contributed by atoms with E-state index in [0.29, 0.717) is 47.1 Å². The van der Waals surface area contributed by atoms with Crippen LogP contribution in [0.1, 0.15) is 12.0 Å². The van der Waals surface area contributed by atoms with E-state index in [0.717, 1.165) is 0 Å². The first-order valence-corrected chi connectivity index (χ1v) is 10.7. The Morgan fingerprint density at radius 1 is 1.15 bits per heavy atom. The fourth-order valence-corrected chi connectivity index (χ4v) is 5.19. The van der Waals surface area contributed by atoms with Crippen molar-refractivity contribution in [2.24, 2.45) is 0 Å². The molecule has 2 aliphatic heterocycles. The van der Waals surface area contributed by atoms with Crippen LogP contribution in [0.3, 0.4) is 0 Å². The third-order valence-electron chi connectivity index (χ3n) is 6.81. The van der Waals surface area contributed by atoms with Crippen LogP contribution in [-0.2, 0) is 0 Å². The number of nitrogens with zero attached hydrogens (tertiary/aromatic N) is 5. The molecule has 2 atom stereocenters. The molecule has 168 valence electrons. The number of benzene rings is 2. The lowest BCUT2D eigenvalue weighted by atomic mass is 9.95. The lowest BCUT2D eigenvalue weighted by molar-refractivity contribution is 0.129. The largest absolute Gasteiger partial charge is 0.465 e. The second-order valence-corrected chi connectivity index (χ2v) is 8.40. The van der Waals surface area contributed by atoms with Gasteiger partial charge >= 0.3 is 6.09 Å². The normalized spacial score (nSPS) is 19.2. The molecule has 4 aromatic rings. The molecule has 2 saturated heterocycles. The molecule has 2 aliphatic rings. The SMILES string of the molecule is C#Cc1c(F)ccc2cccc(-c3ncc4c(N5C[C@@H]6[C@H]5CCN6C(=O)O)ncnc4c3F)c12. The molecule has 7 nitrogen and oxygen atoms in total. The van der Waals surface area contributed by atoms with Gasteiger partial charge in [-0.1, -0.05) is 30.2 Å². The molecule has 1 amide bonds. The van der Waals surface area contributed by atoms with Crippen LogP contribution in [0, 0.1) is 24.0 Å². The van der Waals surface area contributed by atoms with Gasteiger partial charge in [-0.3, -0.25) is 4.98 Å². The van der Waals surface area contributed by atoms with Crippen molar-refractivity contribution < 1.29 is 18.7 Å². The van der Waals surface area contributed by atoms with E-state index in [1.807, 2.05) is 4.90 Å². The molecule has 0 bridgehead atoms. The van der Waals surface area contributed by atoms with E-state index >= 15 is 4.39 Å². The second-order valence-electron chi connectivity index (χ2n) is 8.40. The van der Waals surface area contributed by atoms with Gasteiger partial charge in [-0.25, -0.2) is 23.5 Å². The molecule has 0 unspecified atom stereocenters. The molecule has 4 heterocycles. The van der Waals surface area contributed by atoms with Gasteiger partial charge in [0.05, 0.1) is 23.0 Å². The van der Waals surface area contributed by atoms with Gasteiger partial charge in [0.1, 0.15) is 29.2 Å². The zero-order valence-corrected chi connectivity index (χ0v) is 17.7.